The van der Waals surface area contributed by atoms with Gasteiger partial charge in [0, 0.05) is 44.8 Å². The second kappa shape index (κ2) is 16.6. The Bertz CT molecular complexity index is 1390. The number of hydrogen-bond donors (Lipinski definition) is 1. The molecule has 2 aliphatic rings. The van der Waals surface area contributed by atoms with Crippen molar-refractivity contribution in [2.24, 2.45) is 5.92 Å². The summed E-state index contributed by atoms with van der Waals surface area (Å²) in [6, 6.07) is 24.3. The molecule has 2 fully saturated rings. The minimum absolute atomic E-state index is 0.0111. The smallest absolute Gasteiger partial charge is 0.408 e. The van der Waals surface area contributed by atoms with Gasteiger partial charge in [0.15, 0.2) is 0 Å². The molecule has 0 saturated carbocycles. The highest BCUT2D eigenvalue weighted by Gasteiger charge is 2.36. The molecule has 0 aliphatic carbocycles. The number of alkyl carbamates (subject to hydrolysis) is 1. The zero-order valence-corrected chi connectivity index (χ0v) is 27.1. The number of benzene rings is 3. The van der Waals surface area contributed by atoms with E-state index in [0.29, 0.717) is 44.0 Å². The van der Waals surface area contributed by atoms with Crippen molar-refractivity contribution in [3.63, 3.8) is 0 Å². The Morgan fingerprint density at radius 1 is 0.826 bits per heavy atom. The summed E-state index contributed by atoms with van der Waals surface area (Å²) < 4.78 is 26.2. The van der Waals surface area contributed by atoms with Crippen molar-refractivity contribution < 1.29 is 23.5 Å². The third-order valence-electron chi connectivity index (χ3n) is 8.92. The topological polar surface area (TPSA) is 74.3 Å². The quantitative estimate of drug-likeness (QED) is 0.285. The third-order valence-corrected chi connectivity index (χ3v) is 8.92. The number of piperazine rings is 1. The van der Waals surface area contributed by atoms with Crippen molar-refractivity contribution >= 4 is 12.0 Å². The van der Waals surface area contributed by atoms with Crippen molar-refractivity contribution in [3.8, 4) is 5.75 Å². The zero-order chi connectivity index (χ0) is 32.3. The summed E-state index contributed by atoms with van der Waals surface area (Å²) >= 11 is 0. The highest BCUT2D eigenvalue weighted by molar-refractivity contribution is 5.86. The lowest BCUT2D eigenvalue weighted by atomic mass is 9.88. The molecule has 8 nitrogen and oxygen atoms in total. The van der Waals surface area contributed by atoms with Gasteiger partial charge in [-0.3, -0.25) is 9.69 Å². The molecule has 246 valence electrons. The van der Waals surface area contributed by atoms with E-state index < -0.39 is 12.1 Å². The number of nitrogens with zero attached hydrogens (tertiary/aromatic N) is 3. The van der Waals surface area contributed by atoms with E-state index in [-0.39, 0.29) is 30.4 Å². The Hall–Kier alpha value is -3.95. The fourth-order valence-corrected chi connectivity index (χ4v) is 6.32. The number of halogens is 1. The van der Waals surface area contributed by atoms with Gasteiger partial charge in [-0.15, -0.1) is 0 Å². The van der Waals surface area contributed by atoms with Gasteiger partial charge in [0.25, 0.3) is 0 Å². The summed E-state index contributed by atoms with van der Waals surface area (Å²) in [7, 11) is 0. The number of amides is 2. The molecule has 1 N–H and O–H groups in total. The summed E-state index contributed by atoms with van der Waals surface area (Å²) in [4.78, 5) is 33.5. The second-order valence-electron chi connectivity index (χ2n) is 12.6. The van der Waals surface area contributed by atoms with Gasteiger partial charge >= 0.3 is 6.09 Å². The normalized spacial score (nSPS) is 17.1. The van der Waals surface area contributed by atoms with Gasteiger partial charge in [-0.05, 0) is 75.4 Å². The average molecular weight is 631 g/mol. The number of hydrogen-bond acceptors (Lipinski definition) is 6. The monoisotopic (exact) mass is 630 g/mol. The van der Waals surface area contributed by atoms with Crippen LogP contribution in [-0.4, -0.2) is 84.7 Å². The Balaban J connectivity index is 1.19. The molecular weight excluding hydrogens is 583 g/mol. The number of piperidine rings is 1. The van der Waals surface area contributed by atoms with Gasteiger partial charge in [-0.2, -0.15) is 0 Å². The molecule has 2 saturated heterocycles. The average Bonchev–Trinajstić information content (AvgIpc) is 3.08. The van der Waals surface area contributed by atoms with Crippen LogP contribution in [0, 0.1) is 11.7 Å². The van der Waals surface area contributed by atoms with Gasteiger partial charge in [-0.1, -0.05) is 66.7 Å². The van der Waals surface area contributed by atoms with Crippen LogP contribution in [0.3, 0.4) is 0 Å². The number of ether oxygens (including phenoxy) is 2. The summed E-state index contributed by atoms with van der Waals surface area (Å²) in [5.41, 5.74) is 2.74. The van der Waals surface area contributed by atoms with E-state index in [2.05, 4.69) is 39.4 Å². The van der Waals surface area contributed by atoms with E-state index >= 15 is 0 Å². The summed E-state index contributed by atoms with van der Waals surface area (Å²) in [5.74, 6) is 0.206. The Labute approximate surface area is 272 Å². The van der Waals surface area contributed by atoms with Crippen LogP contribution in [0.2, 0.25) is 0 Å². The van der Waals surface area contributed by atoms with E-state index in [9.17, 15) is 14.0 Å². The number of nitrogens with one attached hydrogen (secondary N) is 1. The highest BCUT2D eigenvalue weighted by Crippen LogP contribution is 2.26. The van der Waals surface area contributed by atoms with Crippen molar-refractivity contribution in [2.45, 2.75) is 58.4 Å². The van der Waals surface area contributed by atoms with E-state index in [4.69, 9.17) is 9.47 Å². The standard InChI is InChI=1S/C37H47FN4O4/c1-28(2)46-34-15-9-14-33(38)32(34)26-41-22-24-42(25-23-41)36(43)35(39-37(44)45-27-30-12-7-4-8-13-30)31-17-20-40(21-18-31)19-16-29-10-5-3-6-11-29/h3-15,28,31,35H,16-27H2,1-2H3,(H,39,44)/t35-/m1/s1. The van der Waals surface area contributed by atoms with Crippen LogP contribution in [0.4, 0.5) is 9.18 Å². The molecule has 0 unspecified atom stereocenters. The first-order valence-corrected chi connectivity index (χ1v) is 16.5. The molecule has 0 aromatic heterocycles. The Kier molecular flexibility index (Phi) is 12.0. The molecular formula is C37H47FN4O4. The molecule has 1 atom stereocenters. The Morgan fingerprint density at radius 3 is 2.13 bits per heavy atom. The molecule has 46 heavy (non-hydrogen) atoms. The lowest BCUT2D eigenvalue weighted by molar-refractivity contribution is -0.137. The van der Waals surface area contributed by atoms with Crippen molar-refractivity contribution in [1.82, 2.24) is 20.0 Å². The summed E-state index contributed by atoms with van der Waals surface area (Å²) in [6.45, 7) is 9.32. The van der Waals surface area contributed by atoms with E-state index in [1.54, 1.807) is 12.1 Å². The van der Waals surface area contributed by atoms with Crippen LogP contribution in [0.5, 0.6) is 5.75 Å². The van der Waals surface area contributed by atoms with E-state index in [0.717, 1.165) is 44.5 Å². The molecule has 0 radical (unpaired) electrons. The highest BCUT2D eigenvalue weighted by atomic mass is 19.1. The number of carbonyl (C=O) groups excluding carboxylic acids is 2. The number of likely N-dealkylation sites (tertiary alicyclic amines) is 1. The van der Waals surface area contributed by atoms with Gasteiger partial charge < -0.3 is 24.6 Å². The first kappa shape index (κ1) is 33.4. The maximum atomic E-state index is 14.8. The molecule has 0 bridgehead atoms. The number of rotatable bonds is 12. The predicted octanol–water partition coefficient (Wildman–Crippen LogP) is 5.51. The van der Waals surface area contributed by atoms with Crippen LogP contribution in [0.1, 0.15) is 43.4 Å². The van der Waals surface area contributed by atoms with Crippen LogP contribution in [0.25, 0.3) is 0 Å². The van der Waals surface area contributed by atoms with Crippen LogP contribution in [-0.2, 0) is 29.1 Å². The fraction of sp³-hybridized carbons (Fsp3) is 0.459. The molecule has 5 rings (SSSR count). The van der Waals surface area contributed by atoms with Crippen LogP contribution in [0.15, 0.2) is 78.9 Å². The maximum Gasteiger partial charge on any atom is 0.408 e. The lowest BCUT2D eigenvalue weighted by Gasteiger charge is -2.40. The first-order valence-electron chi connectivity index (χ1n) is 16.5. The lowest BCUT2D eigenvalue weighted by Crippen LogP contribution is -2.58. The SMILES string of the molecule is CC(C)Oc1cccc(F)c1CN1CCN(C(=O)[C@H](NC(=O)OCc2ccccc2)C2CCN(CCc3ccccc3)CC2)CC1. The minimum Gasteiger partial charge on any atom is -0.491 e. The van der Waals surface area contributed by atoms with Crippen molar-refractivity contribution in [2.75, 3.05) is 45.8 Å². The maximum absolute atomic E-state index is 14.8. The van der Waals surface area contributed by atoms with Crippen LogP contribution >= 0.6 is 0 Å². The second-order valence-corrected chi connectivity index (χ2v) is 12.6. The molecule has 0 spiro atoms. The molecule has 2 aliphatic heterocycles. The molecule has 2 heterocycles. The minimum atomic E-state index is -0.663. The Morgan fingerprint density at radius 2 is 1.48 bits per heavy atom. The predicted molar refractivity (Wildman–Crippen MR) is 177 cm³/mol. The third kappa shape index (κ3) is 9.53. The number of carbonyl (C=O) groups is 2. The van der Waals surface area contributed by atoms with Crippen molar-refractivity contribution in [3.05, 3.63) is 101 Å². The van der Waals surface area contributed by atoms with Gasteiger partial charge in [0.05, 0.1) is 6.10 Å². The molecule has 9 heteroatoms. The summed E-state index contributed by atoms with van der Waals surface area (Å²) in [6.07, 6.45) is 1.98. The molecule has 3 aromatic rings. The van der Waals surface area contributed by atoms with Gasteiger partial charge in [0.2, 0.25) is 5.91 Å². The largest absolute Gasteiger partial charge is 0.491 e. The first-order chi connectivity index (χ1) is 22.4. The summed E-state index contributed by atoms with van der Waals surface area (Å²) in [5, 5.41) is 2.96. The fourth-order valence-electron chi connectivity index (χ4n) is 6.32. The van der Waals surface area contributed by atoms with Gasteiger partial charge in [0.1, 0.15) is 24.2 Å². The van der Waals surface area contributed by atoms with Gasteiger partial charge in [-0.25, -0.2) is 9.18 Å². The molecule has 2 amide bonds. The van der Waals surface area contributed by atoms with E-state index in [1.807, 2.05) is 55.1 Å². The van der Waals surface area contributed by atoms with Crippen LogP contribution < -0.4 is 10.1 Å². The molecule has 3 aromatic carbocycles. The van der Waals surface area contributed by atoms with E-state index in [1.165, 1.54) is 11.6 Å². The van der Waals surface area contributed by atoms with Crippen molar-refractivity contribution in [1.29, 1.82) is 0 Å². The zero-order valence-electron chi connectivity index (χ0n) is 27.1.